The normalized spacial score (nSPS) is 14.8. The van der Waals surface area contributed by atoms with Crippen LogP contribution in [0.4, 0.5) is 11.4 Å². The summed E-state index contributed by atoms with van der Waals surface area (Å²) in [4.78, 5) is 38.8. The molecule has 1 saturated heterocycles. The number of amides is 2. The van der Waals surface area contributed by atoms with Gasteiger partial charge < -0.3 is 15.0 Å². The van der Waals surface area contributed by atoms with Crippen molar-refractivity contribution in [3.8, 4) is 5.75 Å². The number of Topliss-reactive ketones (excluding diaryl/α,β-unsaturated/α-hetero) is 1. The fourth-order valence-electron chi connectivity index (χ4n) is 3.88. The minimum absolute atomic E-state index is 0.0846. The van der Waals surface area contributed by atoms with Gasteiger partial charge in [0.05, 0.1) is 25.0 Å². The van der Waals surface area contributed by atoms with Crippen molar-refractivity contribution < 1.29 is 27.5 Å². The highest BCUT2D eigenvalue weighted by Crippen LogP contribution is 2.41. The van der Waals surface area contributed by atoms with E-state index in [1.807, 2.05) is 26.8 Å². The zero-order chi connectivity index (χ0) is 25.3. The van der Waals surface area contributed by atoms with Gasteiger partial charge in [-0.25, -0.2) is 8.42 Å². The zero-order valence-corrected chi connectivity index (χ0v) is 20.9. The van der Waals surface area contributed by atoms with E-state index in [1.54, 1.807) is 35.2 Å². The quantitative estimate of drug-likeness (QED) is 0.626. The van der Waals surface area contributed by atoms with Gasteiger partial charge in [0.15, 0.2) is 9.84 Å². The van der Waals surface area contributed by atoms with E-state index in [2.05, 4.69) is 5.32 Å². The summed E-state index contributed by atoms with van der Waals surface area (Å²) in [5.74, 6) is -0.384. The first kappa shape index (κ1) is 25.4. The molecule has 0 atom stereocenters. The number of carbonyl (C=O) groups excluding carboxylic acids is 3. The smallest absolute Gasteiger partial charge is 0.255 e. The van der Waals surface area contributed by atoms with E-state index in [-0.39, 0.29) is 42.2 Å². The first-order chi connectivity index (χ1) is 15.8. The van der Waals surface area contributed by atoms with E-state index >= 15 is 0 Å². The maximum absolute atomic E-state index is 13.0. The van der Waals surface area contributed by atoms with Gasteiger partial charge >= 0.3 is 0 Å². The van der Waals surface area contributed by atoms with Crippen molar-refractivity contribution in [2.75, 3.05) is 30.1 Å². The highest BCUT2D eigenvalue weighted by atomic mass is 32.2. The third-order valence-electron chi connectivity index (χ3n) is 5.55. The molecule has 0 aliphatic carbocycles. The van der Waals surface area contributed by atoms with Gasteiger partial charge in [0.25, 0.3) is 5.91 Å². The number of anilines is 2. The number of ether oxygens (including phenoxy) is 1. The van der Waals surface area contributed by atoms with Gasteiger partial charge in [0.1, 0.15) is 11.5 Å². The van der Waals surface area contributed by atoms with Crippen LogP contribution in [0.1, 0.15) is 55.1 Å². The second kappa shape index (κ2) is 9.58. The minimum atomic E-state index is -3.18. The SMILES string of the molecule is COc1c(NC(=O)c2ccc(CS(C)(=O)=O)cc2)cc(N2CCC(=O)CC2=O)cc1C(C)(C)C. The molecule has 1 fully saturated rings. The lowest BCUT2D eigenvalue weighted by Gasteiger charge is -2.30. The third kappa shape index (κ3) is 6.02. The Morgan fingerprint density at radius 1 is 1.12 bits per heavy atom. The topological polar surface area (TPSA) is 110 Å². The Balaban J connectivity index is 1.98. The molecule has 8 nitrogen and oxygen atoms in total. The summed E-state index contributed by atoms with van der Waals surface area (Å²) >= 11 is 0. The third-order valence-corrected chi connectivity index (χ3v) is 6.41. The van der Waals surface area contributed by atoms with Crippen LogP contribution in [0.25, 0.3) is 0 Å². The Bertz CT molecular complexity index is 1230. The molecule has 0 saturated carbocycles. The molecule has 1 aliphatic rings. The van der Waals surface area contributed by atoms with Crippen LogP contribution >= 0.6 is 0 Å². The Kier molecular flexibility index (Phi) is 7.16. The summed E-state index contributed by atoms with van der Waals surface area (Å²) < 4.78 is 28.7. The lowest BCUT2D eigenvalue weighted by Crippen LogP contribution is -2.39. The van der Waals surface area contributed by atoms with Crippen molar-refractivity contribution in [2.45, 2.75) is 44.8 Å². The molecule has 0 aromatic heterocycles. The molecule has 2 aromatic rings. The first-order valence-electron chi connectivity index (χ1n) is 10.9. The molecule has 1 aliphatic heterocycles. The highest BCUT2D eigenvalue weighted by molar-refractivity contribution is 7.89. The molecule has 182 valence electrons. The molecular weight excluding hydrogens is 456 g/mol. The van der Waals surface area contributed by atoms with Crippen molar-refractivity contribution >= 4 is 38.8 Å². The van der Waals surface area contributed by atoms with Gasteiger partial charge in [-0.3, -0.25) is 14.4 Å². The number of piperidine rings is 1. The van der Waals surface area contributed by atoms with Gasteiger partial charge in [-0.05, 0) is 35.2 Å². The van der Waals surface area contributed by atoms with Crippen molar-refractivity contribution in [3.63, 3.8) is 0 Å². The van der Waals surface area contributed by atoms with Crippen LogP contribution < -0.4 is 15.0 Å². The van der Waals surface area contributed by atoms with E-state index in [0.29, 0.717) is 28.3 Å². The van der Waals surface area contributed by atoms with E-state index < -0.39 is 15.7 Å². The Morgan fingerprint density at radius 2 is 1.76 bits per heavy atom. The number of nitrogens with zero attached hydrogens (tertiary/aromatic N) is 1. The van der Waals surface area contributed by atoms with Crippen molar-refractivity contribution in [3.05, 3.63) is 53.1 Å². The fourth-order valence-corrected chi connectivity index (χ4v) is 4.67. The Morgan fingerprint density at radius 3 is 2.29 bits per heavy atom. The number of nitrogens with one attached hydrogen (secondary N) is 1. The molecule has 2 amide bonds. The minimum Gasteiger partial charge on any atom is -0.494 e. The maximum atomic E-state index is 13.0. The number of sulfone groups is 1. The molecule has 34 heavy (non-hydrogen) atoms. The van der Waals surface area contributed by atoms with Crippen LogP contribution in [0.3, 0.4) is 0 Å². The largest absolute Gasteiger partial charge is 0.494 e. The van der Waals surface area contributed by atoms with Crippen LogP contribution in [0.2, 0.25) is 0 Å². The summed E-state index contributed by atoms with van der Waals surface area (Å²) in [5.41, 5.74) is 2.37. The average Bonchev–Trinajstić information content (AvgIpc) is 2.72. The Hall–Kier alpha value is -3.20. The number of benzene rings is 2. The number of ketones is 1. The number of rotatable bonds is 6. The molecule has 0 radical (unpaired) electrons. The highest BCUT2D eigenvalue weighted by Gasteiger charge is 2.29. The van der Waals surface area contributed by atoms with Crippen LogP contribution in [0.5, 0.6) is 5.75 Å². The molecule has 3 rings (SSSR count). The van der Waals surface area contributed by atoms with Gasteiger partial charge in [-0.15, -0.1) is 0 Å². The summed E-state index contributed by atoms with van der Waals surface area (Å²) in [6.45, 7) is 6.29. The van der Waals surface area contributed by atoms with Crippen molar-refractivity contribution in [2.24, 2.45) is 0 Å². The van der Waals surface area contributed by atoms with Gasteiger partial charge in [0.2, 0.25) is 5.91 Å². The molecule has 0 spiro atoms. The zero-order valence-electron chi connectivity index (χ0n) is 20.1. The predicted molar refractivity (Wildman–Crippen MR) is 131 cm³/mol. The van der Waals surface area contributed by atoms with Crippen LogP contribution in [-0.4, -0.2) is 45.9 Å². The molecule has 0 bridgehead atoms. The number of hydrogen-bond acceptors (Lipinski definition) is 6. The number of hydrogen-bond donors (Lipinski definition) is 1. The average molecular weight is 487 g/mol. The van der Waals surface area contributed by atoms with Gasteiger partial charge in [-0.2, -0.15) is 0 Å². The second-order valence-corrected chi connectivity index (χ2v) is 11.7. The fraction of sp³-hybridized carbons (Fsp3) is 0.400. The van der Waals surface area contributed by atoms with Crippen LogP contribution in [-0.2, 0) is 30.6 Å². The summed E-state index contributed by atoms with van der Waals surface area (Å²) in [7, 11) is -1.66. The summed E-state index contributed by atoms with van der Waals surface area (Å²) in [6.07, 6.45) is 1.30. The van der Waals surface area contributed by atoms with Crippen molar-refractivity contribution in [1.82, 2.24) is 0 Å². The number of carbonyl (C=O) groups is 3. The standard InChI is InChI=1S/C25H30N2O6S/c1-25(2,3)20-12-18(27-11-10-19(28)14-22(27)29)13-21(23(20)33-4)26-24(30)17-8-6-16(7-9-17)15-34(5,31)32/h6-9,12-13H,10-11,14-15H2,1-5H3,(H,26,30). The molecule has 2 aromatic carbocycles. The van der Waals surface area contributed by atoms with Gasteiger partial charge in [-0.1, -0.05) is 32.9 Å². The van der Waals surface area contributed by atoms with E-state index in [1.165, 1.54) is 7.11 Å². The van der Waals surface area contributed by atoms with Gasteiger partial charge in [0, 0.05) is 36.0 Å². The van der Waals surface area contributed by atoms with Crippen molar-refractivity contribution in [1.29, 1.82) is 0 Å². The predicted octanol–water partition coefficient (Wildman–Crippen LogP) is 3.49. The molecular formula is C25H30N2O6S. The maximum Gasteiger partial charge on any atom is 0.255 e. The monoisotopic (exact) mass is 486 g/mol. The van der Waals surface area contributed by atoms with E-state index in [4.69, 9.17) is 4.74 Å². The molecule has 1 heterocycles. The number of methoxy groups -OCH3 is 1. The Labute approximate surface area is 200 Å². The molecule has 0 unspecified atom stereocenters. The molecule has 1 N–H and O–H groups in total. The summed E-state index contributed by atoms with van der Waals surface area (Å²) in [5, 5.41) is 2.87. The second-order valence-electron chi connectivity index (χ2n) is 9.56. The van der Waals surface area contributed by atoms with E-state index in [0.717, 1.165) is 11.8 Å². The van der Waals surface area contributed by atoms with Crippen LogP contribution in [0.15, 0.2) is 36.4 Å². The summed E-state index contributed by atoms with van der Waals surface area (Å²) in [6, 6.07) is 9.88. The lowest BCUT2D eigenvalue weighted by molar-refractivity contribution is -0.128. The first-order valence-corrected chi connectivity index (χ1v) is 13.0. The molecule has 9 heteroatoms. The van der Waals surface area contributed by atoms with Crippen LogP contribution in [0, 0.1) is 0 Å². The van der Waals surface area contributed by atoms with E-state index in [9.17, 15) is 22.8 Å². The lowest BCUT2D eigenvalue weighted by atomic mass is 9.85.